The predicted molar refractivity (Wildman–Crippen MR) is 35.0 cm³/mol. The van der Waals surface area contributed by atoms with E-state index < -0.39 is 0 Å². The highest BCUT2D eigenvalue weighted by atomic mass is 32.2. The third-order valence-corrected chi connectivity index (χ3v) is 1.42. The van der Waals surface area contributed by atoms with Crippen molar-refractivity contribution in [2.75, 3.05) is 0 Å². The van der Waals surface area contributed by atoms with E-state index in [1.165, 1.54) is 0 Å². The van der Waals surface area contributed by atoms with Gasteiger partial charge in [-0.15, -0.1) is 0 Å². The van der Waals surface area contributed by atoms with Crippen molar-refractivity contribution in [2.24, 2.45) is 0 Å². The fourth-order valence-electron chi connectivity index (χ4n) is 0.374. The Morgan fingerprint density at radius 3 is 2.57 bits per heavy atom. The molecule has 0 radical (unpaired) electrons. The van der Waals surface area contributed by atoms with E-state index in [9.17, 15) is 0 Å². The van der Waals surface area contributed by atoms with Gasteiger partial charge in [-0.05, 0) is 11.5 Å². The molecule has 0 N–H and O–H groups in total. The van der Waals surface area contributed by atoms with Crippen LogP contribution >= 0.6 is 11.8 Å². The van der Waals surface area contributed by atoms with Crippen LogP contribution in [0.3, 0.4) is 0 Å². The molecular weight excluding hydrogens is 104 g/mol. The van der Waals surface area contributed by atoms with Crippen LogP contribution in [0.1, 0.15) is 0 Å². The molecule has 1 aliphatic heterocycles. The van der Waals surface area contributed by atoms with E-state index in [1.54, 1.807) is 11.8 Å². The van der Waals surface area contributed by atoms with Crippen molar-refractivity contribution in [1.29, 1.82) is 0 Å². The summed E-state index contributed by atoms with van der Waals surface area (Å²) < 4.78 is 0. The molecule has 0 nitrogen and oxygen atoms in total. The smallest absolute Gasteiger partial charge is 0.00439 e. The molecule has 0 bridgehead atoms. The lowest BCUT2D eigenvalue weighted by molar-refractivity contribution is 1.90. The molecule has 7 heavy (non-hydrogen) atoms. The first kappa shape index (κ1) is 4.72. The average molecular weight is 110 g/mol. The van der Waals surface area contributed by atoms with Gasteiger partial charge in [-0.2, -0.15) is 0 Å². The van der Waals surface area contributed by atoms with Crippen LogP contribution < -0.4 is 0 Å². The molecule has 0 spiro atoms. The van der Waals surface area contributed by atoms with E-state index in [1.807, 2.05) is 23.6 Å². The van der Waals surface area contributed by atoms with Gasteiger partial charge in [-0.3, -0.25) is 0 Å². The molecule has 1 aliphatic rings. The van der Waals surface area contributed by atoms with E-state index in [0.29, 0.717) is 0 Å². The number of thioether (sulfide) groups is 1. The fourth-order valence-corrected chi connectivity index (χ4v) is 0.875. The van der Waals surface area contributed by atoms with Crippen molar-refractivity contribution in [1.82, 2.24) is 0 Å². The number of allylic oxidation sites excluding steroid dienone is 3. The summed E-state index contributed by atoms with van der Waals surface area (Å²) in [7, 11) is 0. The summed E-state index contributed by atoms with van der Waals surface area (Å²) in [4.78, 5) is 1.11. The van der Waals surface area contributed by atoms with Crippen molar-refractivity contribution in [3.05, 3.63) is 35.1 Å². The predicted octanol–water partition coefficient (Wildman–Crippen LogP) is 2.32. The highest BCUT2D eigenvalue weighted by Gasteiger charge is 1.85. The van der Waals surface area contributed by atoms with Gasteiger partial charge in [0.25, 0.3) is 0 Å². The Morgan fingerprint density at radius 1 is 1.43 bits per heavy atom. The van der Waals surface area contributed by atoms with Crippen molar-refractivity contribution in [3.8, 4) is 0 Å². The summed E-state index contributed by atoms with van der Waals surface area (Å²) in [6.07, 6.45) is 5.98. The summed E-state index contributed by atoms with van der Waals surface area (Å²) in [6.45, 7) is 3.74. The van der Waals surface area contributed by atoms with E-state index in [0.717, 1.165) is 4.91 Å². The third-order valence-electron chi connectivity index (χ3n) is 0.691. The lowest BCUT2D eigenvalue weighted by atomic mass is 10.5. The monoisotopic (exact) mass is 110 g/mol. The molecule has 0 saturated heterocycles. The van der Waals surface area contributed by atoms with Crippen LogP contribution in [0.2, 0.25) is 0 Å². The Hall–Kier alpha value is -0.430. The van der Waals surface area contributed by atoms with Gasteiger partial charge in [0.15, 0.2) is 0 Å². The fraction of sp³-hybridized carbons (Fsp3) is 0. The summed E-state index contributed by atoms with van der Waals surface area (Å²) in [5.41, 5.74) is 0. The summed E-state index contributed by atoms with van der Waals surface area (Å²) in [5.74, 6) is 0. The van der Waals surface area contributed by atoms with Crippen LogP contribution in [0.25, 0.3) is 0 Å². The Bertz CT molecular complexity index is 131. The Morgan fingerprint density at radius 2 is 2.29 bits per heavy atom. The molecule has 0 saturated carbocycles. The van der Waals surface area contributed by atoms with E-state index in [4.69, 9.17) is 0 Å². The Kier molecular flexibility index (Phi) is 1.37. The van der Waals surface area contributed by atoms with Gasteiger partial charge in [0.1, 0.15) is 0 Å². The quantitative estimate of drug-likeness (QED) is 0.461. The molecule has 0 aromatic heterocycles. The van der Waals surface area contributed by atoms with Crippen LogP contribution in [-0.4, -0.2) is 0 Å². The second kappa shape index (κ2) is 2.03. The van der Waals surface area contributed by atoms with Gasteiger partial charge in [0.05, 0.1) is 0 Å². The van der Waals surface area contributed by atoms with Gasteiger partial charge >= 0.3 is 0 Å². The normalized spacial score (nSPS) is 18.0. The highest BCUT2D eigenvalue weighted by molar-refractivity contribution is 8.06. The minimum absolute atomic E-state index is 1.11. The van der Waals surface area contributed by atoms with E-state index in [-0.39, 0.29) is 0 Å². The number of hydrogen-bond acceptors (Lipinski definition) is 1. The Balaban J connectivity index is 2.66. The maximum atomic E-state index is 3.74. The van der Waals surface area contributed by atoms with Gasteiger partial charge in [-0.25, -0.2) is 0 Å². The zero-order chi connectivity index (χ0) is 5.11. The molecule has 1 heterocycles. The minimum atomic E-state index is 1.11. The largest absolute Gasteiger partial charge is 0.0987 e. The molecule has 0 amide bonds. The first-order chi connectivity index (χ1) is 3.39. The standard InChI is InChI=1S/C6H6S/c1-6-4-2-3-5-7-6/h2-5H,1H2. The molecule has 0 fully saturated rings. The topological polar surface area (TPSA) is 0 Å². The SMILES string of the molecule is C=C1C=CC=CS1. The van der Waals surface area contributed by atoms with E-state index >= 15 is 0 Å². The zero-order valence-corrected chi connectivity index (χ0v) is 4.74. The van der Waals surface area contributed by atoms with Gasteiger partial charge < -0.3 is 0 Å². The van der Waals surface area contributed by atoms with Crippen molar-refractivity contribution in [2.45, 2.75) is 0 Å². The van der Waals surface area contributed by atoms with E-state index in [2.05, 4.69) is 6.58 Å². The highest BCUT2D eigenvalue weighted by Crippen LogP contribution is 2.18. The first-order valence-corrected chi connectivity index (χ1v) is 2.96. The van der Waals surface area contributed by atoms with Crippen LogP contribution in [-0.2, 0) is 0 Å². The summed E-state index contributed by atoms with van der Waals surface area (Å²) in [5, 5.41) is 2.02. The molecule has 0 atom stereocenters. The molecule has 0 aliphatic carbocycles. The van der Waals surface area contributed by atoms with Crippen LogP contribution in [0.4, 0.5) is 0 Å². The molecule has 1 heteroatoms. The average Bonchev–Trinajstić information content (AvgIpc) is 1.69. The molecule has 0 aromatic carbocycles. The van der Waals surface area contributed by atoms with Crippen LogP contribution in [0, 0.1) is 0 Å². The third kappa shape index (κ3) is 1.24. The molecule has 0 aromatic rings. The number of rotatable bonds is 0. The molecular formula is C6H6S. The van der Waals surface area contributed by atoms with Crippen LogP contribution in [0.15, 0.2) is 35.1 Å². The molecule has 0 unspecified atom stereocenters. The molecule has 36 valence electrons. The van der Waals surface area contributed by atoms with Crippen molar-refractivity contribution in [3.63, 3.8) is 0 Å². The van der Waals surface area contributed by atoms with Gasteiger partial charge in [0, 0.05) is 4.91 Å². The summed E-state index contributed by atoms with van der Waals surface area (Å²) >= 11 is 1.66. The lowest BCUT2D eigenvalue weighted by Crippen LogP contribution is -1.65. The first-order valence-electron chi connectivity index (χ1n) is 2.08. The van der Waals surface area contributed by atoms with Crippen molar-refractivity contribution < 1.29 is 0 Å². The molecule has 1 rings (SSSR count). The summed E-state index contributed by atoms with van der Waals surface area (Å²) in [6, 6.07) is 0. The van der Waals surface area contributed by atoms with Gasteiger partial charge in [-0.1, -0.05) is 30.5 Å². The van der Waals surface area contributed by atoms with Gasteiger partial charge in [0.2, 0.25) is 0 Å². The zero-order valence-electron chi connectivity index (χ0n) is 3.92. The Labute approximate surface area is 47.6 Å². The van der Waals surface area contributed by atoms with Crippen molar-refractivity contribution >= 4 is 11.8 Å². The maximum absolute atomic E-state index is 3.74. The van der Waals surface area contributed by atoms with Crippen LogP contribution in [0.5, 0.6) is 0 Å². The maximum Gasteiger partial charge on any atom is 0.00439 e. The lowest BCUT2D eigenvalue weighted by Gasteiger charge is -1.94. The second-order valence-electron chi connectivity index (χ2n) is 1.27. The number of hydrogen-bond donors (Lipinski definition) is 0. The minimum Gasteiger partial charge on any atom is -0.0987 e. The second-order valence-corrected chi connectivity index (χ2v) is 2.30.